The van der Waals surface area contributed by atoms with Gasteiger partial charge in [0.1, 0.15) is 35.1 Å². The van der Waals surface area contributed by atoms with Crippen molar-refractivity contribution >= 4 is 5.97 Å². The van der Waals surface area contributed by atoms with Crippen LogP contribution in [0.25, 0.3) is 0 Å². The highest BCUT2D eigenvalue weighted by molar-refractivity contribution is 5.91. The van der Waals surface area contributed by atoms with Gasteiger partial charge in [-0.15, -0.1) is 0 Å². The Morgan fingerprint density at radius 3 is 2.79 bits per heavy atom. The Kier molecular flexibility index (Phi) is 3.70. The van der Waals surface area contributed by atoms with Gasteiger partial charge < -0.3 is 19.1 Å². The highest BCUT2D eigenvalue weighted by Crippen LogP contribution is 2.25. The number of nitrogens with zero attached hydrogens (tertiary/aromatic N) is 1. The quantitative estimate of drug-likeness (QED) is 0.891. The molecule has 19 heavy (non-hydrogen) atoms. The van der Waals surface area contributed by atoms with Crippen LogP contribution in [0.2, 0.25) is 0 Å². The molecule has 100 valence electrons. The fourth-order valence-corrected chi connectivity index (χ4v) is 1.57. The lowest BCUT2D eigenvalue weighted by Gasteiger charge is -2.09. The van der Waals surface area contributed by atoms with Crippen LogP contribution in [-0.4, -0.2) is 23.3 Å². The molecule has 0 saturated heterocycles. The third-order valence-corrected chi connectivity index (χ3v) is 2.47. The van der Waals surface area contributed by atoms with Crippen LogP contribution in [-0.2, 0) is 6.61 Å². The average Bonchev–Trinajstić information content (AvgIpc) is 2.82. The Labute approximate surface area is 109 Å². The van der Waals surface area contributed by atoms with Gasteiger partial charge >= 0.3 is 5.97 Å². The van der Waals surface area contributed by atoms with Gasteiger partial charge in [-0.05, 0) is 25.1 Å². The van der Waals surface area contributed by atoms with E-state index in [0.29, 0.717) is 17.2 Å². The summed E-state index contributed by atoms with van der Waals surface area (Å²) < 4.78 is 15.3. The molecule has 2 aromatic rings. The summed E-state index contributed by atoms with van der Waals surface area (Å²) in [6.45, 7) is 1.91. The lowest BCUT2D eigenvalue weighted by Crippen LogP contribution is -2.04. The maximum Gasteiger partial charge on any atom is 0.339 e. The van der Waals surface area contributed by atoms with E-state index in [0.717, 1.165) is 0 Å². The number of hydrogen-bond donors (Lipinski definition) is 1. The molecule has 0 aliphatic heterocycles. The molecule has 6 nitrogen and oxygen atoms in total. The first kappa shape index (κ1) is 12.9. The number of carboxylic acids is 1. The van der Waals surface area contributed by atoms with E-state index < -0.39 is 5.97 Å². The topological polar surface area (TPSA) is 81.8 Å². The maximum absolute atomic E-state index is 11.1. The van der Waals surface area contributed by atoms with Gasteiger partial charge in [0.15, 0.2) is 0 Å². The van der Waals surface area contributed by atoms with Crippen molar-refractivity contribution in [2.75, 3.05) is 7.11 Å². The molecule has 0 saturated carbocycles. The number of carbonyl (C=O) groups is 1. The van der Waals surface area contributed by atoms with E-state index in [2.05, 4.69) is 5.16 Å². The van der Waals surface area contributed by atoms with Gasteiger partial charge in [0.25, 0.3) is 0 Å². The zero-order valence-corrected chi connectivity index (χ0v) is 10.5. The summed E-state index contributed by atoms with van der Waals surface area (Å²) in [6, 6.07) is 6.32. The van der Waals surface area contributed by atoms with Crippen LogP contribution in [0, 0.1) is 6.92 Å². The smallest absolute Gasteiger partial charge is 0.339 e. The first-order valence-corrected chi connectivity index (χ1v) is 5.56. The summed E-state index contributed by atoms with van der Waals surface area (Å²) in [5, 5.41) is 12.9. The molecule has 2 rings (SSSR count). The van der Waals surface area contributed by atoms with E-state index in [1.165, 1.54) is 13.2 Å². The second kappa shape index (κ2) is 5.43. The van der Waals surface area contributed by atoms with Crippen LogP contribution >= 0.6 is 0 Å². The zero-order valence-electron chi connectivity index (χ0n) is 10.5. The molecule has 1 heterocycles. The van der Waals surface area contributed by atoms with Crippen molar-refractivity contribution in [3.63, 3.8) is 0 Å². The minimum atomic E-state index is -1.08. The number of aryl methyl sites for hydroxylation is 1. The van der Waals surface area contributed by atoms with Crippen LogP contribution in [0.3, 0.4) is 0 Å². The molecule has 0 amide bonds. The van der Waals surface area contributed by atoms with Crippen LogP contribution in [0.15, 0.2) is 28.8 Å². The van der Waals surface area contributed by atoms with E-state index in [4.69, 9.17) is 19.1 Å². The van der Waals surface area contributed by atoms with Crippen molar-refractivity contribution in [3.8, 4) is 11.5 Å². The number of aromatic carboxylic acids is 1. The first-order valence-electron chi connectivity index (χ1n) is 5.56. The molecule has 6 heteroatoms. The Bertz CT molecular complexity index is 590. The summed E-state index contributed by atoms with van der Waals surface area (Å²) in [4.78, 5) is 11.1. The summed E-state index contributed by atoms with van der Waals surface area (Å²) in [6.07, 6.45) is 0. The average molecular weight is 263 g/mol. The molecule has 0 fully saturated rings. The highest BCUT2D eigenvalue weighted by Gasteiger charge is 2.13. The van der Waals surface area contributed by atoms with Crippen LogP contribution < -0.4 is 9.47 Å². The summed E-state index contributed by atoms with van der Waals surface area (Å²) in [7, 11) is 1.47. The van der Waals surface area contributed by atoms with Crippen LogP contribution in [0.1, 0.15) is 21.8 Å². The van der Waals surface area contributed by atoms with Gasteiger partial charge in [0.05, 0.1) is 7.11 Å². The Morgan fingerprint density at radius 2 is 2.21 bits per heavy atom. The zero-order chi connectivity index (χ0) is 13.8. The first-order chi connectivity index (χ1) is 9.10. The van der Waals surface area contributed by atoms with Crippen molar-refractivity contribution < 1.29 is 23.9 Å². The van der Waals surface area contributed by atoms with Gasteiger partial charge in [0.2, 0.25) is 0 Å². The molecular formula is C13H13NO5. The minimum absolute atomic E-state index is 0.0413. The third kappa shape index (κ3) is 3.04. The summed E-state index contributed by atoms with van der Waals surface area (Å²) in [5.41, 5.74) is 0.643. The molecule has 1 aromatic heterocycles. The lowest BCUT2D eigenvalue weighted by atomic mass is 10.2. The van der Waals surface area contributed by atoms with E-state index >= 15 is 0 Å². The van der Waals surface area contributed by atoms with E-state index in [1.54, 1.807) is 25.1 Å². The number of methoxy groups -OCH3 is 1. The molecule has 0 aliphatic carbocycles. The molecular weight excluding hydrogens is 250 g/mol. The van der Waals surface area contributed by atoms with Crippen molar-refractivity contribution in [2.45, 2.75) is 13.5 Å². The van der Waals surface area contributed by atoms with Crippen molar-refractivity contribution in [1.82, 2.24) is 5.16 Å². The van der Waals surface area contributed by atoms with Crippen LogP contribution in [0.5, 0.6) is 11.5 Å². The maximum atomic E-state index is 11.1. The van der Waals surface area contributed by atoms with E-state index in [9.17, 15) is 4.79 Å². The lowest BCUT2D eigenvalue weighted by molar-refractivity contribution is 0.0691. The van der Waals surface area contributed by atoms with Crippen LogP contribution in [0.4, 0.5) is 0 Å². The fourth-order valence-electron chi connectivity index (χ4n) is 1.57. The van der Waals surface area contributed by atoms with E-state index in [1.807, 2.05) is 0 Å². The third-order valence-electron chi connectivity index (χ3n) is 2.47. The highest BCUT2D eigenvalue weighted by atomic mass is 16.5. The fraction of sp³-hybridized carbons (Fsp3) is 0.231. The van der Waals surface area contributed by atoms with Crippen molar-refractivity contribution in [2.24, 2.45) is 0 Å². The monoisotopic (exact) mass is 263 g/mol. The van der Waals surface area contributed by atoms with Gasteiger partial charge in [-0.2, -0.15) is 0 Å². The number of ether oxygens (including phenoxy) is 2. The molecule has 0 bridgehead atoms. The normalized spacial score (nSPS) is 10.2. The van der Waals surface area contributed by atoms with Crippen molar-refractivity contribution in [3.05, 3.63) is 41.3 Å². The number of carboxylic acid groups (broad SMARTS) is 1. The second-order valence-corrected chi connectivity index (χ2v) is 3.88. The largest absolute Gasteiger partial charge is 0.497 e. The van der Waals surface area contributed by atoms with E-state index in [-0.39, 0.29) is 17.9 Å². The predicted octanol–water partition coefficient (Wildman–Crippen LogP) is 2.27. The predicted molar refractivity (Wildman–Crippen MR) is 65.5 cm³/mol. The molecule has 0 atom stereocenters. The molecule has 0 aliphatic rings. The number of benzene rings is 1. The standard InChI is InChI=1S/C13H13NO5/c1-8-5-9(14-19-8)7-18-12-4-3-10(17-2)6-11(12)13(15)16/h3-6H,7H2,1-2H3,(H,15,16). The van der Waals surface area contributed by atoms with Gasteiger partial charge in [-0.25, -0.2) is 4.79 Å². The van der Waals surface area contributed by atoms with Gasteiger partial charge in [0, 0.05) is 6.07 Å². The molecule has 0 unspecified atom stereocenters. The summed E-state index contributed by atoms with van der Waals surface area (Å²) >= 11 is 0. The SMILES string of the molecule is COc1ccc(OCc2cc(C)on2)c(C(=O)O)c1. The van der Waals surface area contributed by atoms with Gasteiger partial charge in [-0.3, -0.25) is 0 Å². The molecule has 0 spiro atoms. The Balaban J connectivity index is 2.17. The number of rotatable bonds is 5. The molecule has 1 N–H and O–H groups in total. The second-order valence-electron chi connectivity index (χ2n) is 3.88. The summed E-state index contributed by atoms with van der Waals surface area (Å²) in [5.74, 6) is 0.313. The van der Waals surface area contributed by atoms with Crippen molar-refractivity contribution in [1.29, 1.82) is 0 Å². The Morgan fingerprint density at radius 1 is 1.42 bits per heavy atom. The number of hydrogen-bond acceptors (Lipinski definition) is 5. The van der Waals surface area contributed by atoms with Gasteiger partial charge in [-0.1, -0.05) is 5.16 Å². The molecule has 1 aromatic carbocycles. The minimum Gasteiger partial charge on any atom is -0.497 e. The Hall–Kier alpha value is -2.50. The molecule has 0 radical (unpaired) electrons. The number of aromatic nitrogens is 1.